The third-order valence-corrected chi connectivity index (χ3v) is 4.92. The number of thiophene rings is 1. The van der Waals surface area contributed by atoms with E-state index >= 15 is 0 Å². The van der Waals surface area contributed by atoms with Crippen LogP contribution in [0.4, 0.5) is 0 Å². The third kappa shape index (κ3) is 3.40. The fourth-order valence-electron chi connectivity index (χ4n) is 2.79. The van der Waals surface area contributed by atoms with Gasteiger partial charge in [-0.05, 0) is 41.3 Å². The van der Waals surface area contributed by atoms with Crippen LogP contribution in [0.2, 0.25) is 0 Å². The minimum Gasteiger partial charge on any atom is -0.477 e. The van der Waals surface area contributed by atoms with E-state index < -0.39 is 5.97 Å². The van der Waals surface area contributed by atoms with Gasteiger partial charge in [0.2, 0.25) is 6.79 Å². The lowest BCUT2D eigenvalue weighted by atomic mass is 10.1. The second kappa shape index (κ2) is 7.15. The van der Waals surface area contributed by atoms with Gasteiger partial charge in [0.25, 0.3) is 0 Å². The normalized spacial score (nSPS) is 12.3. The van der Waals surface area contributed by atoms with Gasteiger partial charge < -0.3 is 19.9 Å². The van der Waals surface area contributed by atoms with E-state index in [2.05, 4.69) is 10.3 Å². The number of aromatic nitrogens is 1. The lowest BCUT2D eigenvalue weighted by Crippen LogP contribution is -2.13. The number of hydrogen-bond donors (Lipinski definition) is 2. The molecule has 26 heavy (non-hydrogen) atoms. The summed E-state index contributed by atoms with van der Waals surface area (Å²) in [7, 11) is 0. The first-order valence-electron chi connectivity index (χ1n) is 8.07. The van der Waals surface area contributed by atoms with Crippen molar-refractivity contribution >= 4 is 17.3 Å². The number of pyridine rings is 1. The molecule has 0 unspecified atom stereocenters. The smallest absolute Gasteiger partial charge is 0.346 e. The molecule has 4 rings (SSSR count). The number of aromatic carboxylic acids is 1. The maximum absolute atomic E-state index is 11.3. The fourth-order valence-corrected chi connectivity index (χ4v) is 3.53. The summed E-state index contributed by atoms with van der Waals surface area (Å²) in [4.78, 5) is 16.2. The molecule has 7 heteroatoms. The highest BCUT2D eigenvalue weighted by Crippen LogP contribution is 2.32. The van der Waals surface area contributed by atoms with Crippen LogP contribution in [0.3, 0.4) is 0 Å². The Hall–Kier alpha value is -2.90. The first-order chi connectivity index (χ1) is 12.7. The van der Waals surface area contributed by atoms with Gasteiger partial charge in [-0.25, -0.2) is 4.79 Å². The molecule has 1 aliphatic rings. The second-order valence-corrected chi connectivity index (χ2v) is 6.69. The first kappa shape index (κ1) is 16.6. The number of carbonyl (C=O) groups is 1. The van der Waals surface area contributed by atoms with Gasteiger partial charge in [-0.2, -0.15) is 0 Å². The summed E-state index contributed by atoms with van der Waals surface area (Å²) in [5.41, 5.74) is 3.27. The lowest BCUT2D eigenvalue weighted by Gasteiger charge is -2.07. The van der Waals surface area contributed by atoms with Crippen LogP contribution in [0, 0.1) is 0 Å². The van der Waals surface area contributed by atoms with Crippen LogP contribution in [0.15, 0.2) is 47.8 Å². The molecule has 0 spiro atoms. The van der Waals surface area contributed by atoms with E-state index in [1.165, 1.54) is 11.3 Å². The Morgan fingerprint density at radius 1 is 1.15 bits per heavy atom. The van der Waals surface area contributed by atoms with E-state index in [1.54, 1.807) is 11.4 Å². The molecule has 3 heterocycles. The Kier molecular flexibility index (Phi) is 4.55. The average molecular weight is 368 g/mol. The molecule has 0 saturated carbocycles. The Labute approximate surface area is 154 Å². The maximum atomic E-state index is 11.3. The molecular weight excluding hydrogens is 352 g/mol. The number of rotatable bonds is 6. The van der Waals surface area contributed by atoms with Gasteiger partial charge in [0, 0.05) is 18.7 Å². The average Bonchev–Trinajstić information content (AvgIpc) is 3.31. The zero-order valence-electron chi connectivity index (χ0n) is 13.8. The number of carboxylic acids is 1. The number of benzene rings is 1. The molecule has 6 nitrogen and oxygen atoms in total. The van der Waals surface area contributed by atoms with Crippen LogP contribution < -0.4 is 14.8 Å². The van der Waals surface area contributed by atoms with Gasteiger partial charge >= 0.3 is 5.97 Å². The van der Waals surface area contributed by atoms with E-state index in [0.717, 1.165) is 22.8 Å². The molecular formula is C19H16N2O4S. The summed E-state index contributed by atoms with van der Waals surface area (Å²) in [6.45, 7) is 1.51. The SMILES string of the molecule is O=C(O)c1sccc1-c1cccc(CNCc2ccc3c(c2)OCO3)n1. The Balaban J connectivity index is 1.43. The summed E-state index contributed by atoms with van der Waals surface area (Å²) in [5, 5.41) is 14.4. The molecule has 2 N–H and O–H groups in total. The predicted octanol–water partition coefficient (Wildman–Crippen LogP) is 3.53. The van der Waals surface area contributed by atoms with Crippen molar-refractivity contribution in [3.8, 4) is 22.8 Å². The summed E-state index contributed by atoms with van der Waals surface area (Å²) in [5.74, 6) is 0.610. The largest absolute Gasteiger partial charge is 0.477 e. The number of fused-ring (bicyclic) bond motifs is 1. The van der Waals surface area contributed by atoms with Crippen molar-refractivity contribution in [2.24, 2.45) is 0 Å². The number of carboxylic acid groups (broad SMARTS) is 1. The standard InChI is InChI=1S/C19H16N2O4S/c22-19(23)18-14(6-7-26-18)15-3-1-2-13(21-15)10-20-9-12-4-5-16-17(8-12)25-11-24-16/h1-8,20H,9-11H2,(H,22,23). The van der Waals surface area contributed by atoms with E-state index in [0.29, 0.717) is 29.2 Å². The number of nitrogens with zero attached hydrogens (tertiary/aromatic N) is 1. The van der Waals surface area contributed by atoms with E-state index in [-0.39, 0.29) is 6.79 Å². The van der Waals surface area contributed by atoms with Crippen LogP contribution in [0.5, 0.6) is 11.5 Å². The molecule has 0 fully saturated rings. The summed E-state index contributed by atoms with van der Waals surface area (Å²) < 4.78 is 10.7. The highest BCUT2D eigenvalue weighted by molar-refractivity contribution is 7.12. The molecule has 0 atom stereocenters. The monoisotopic (exact) mass is 368 g/mol. The van der Waals surface area contributed by atoms with Gasteiger partial charge in [-0.1, -0.05) is 12.1 Å². The lowest BCUT2D eigenvalue weighted by molar-refractivity contribution is 0.0703. The van der Waals surface area contributed by atoms with Crippen molar-refractivity contribution in [2.45, 2.75) is 13.1 Å². The minimum atomic E-state index is -0.928. The highest BCUT2D eigenvalue weighted by Gasteiger charge is 2.15. The molecule has 3 aromatic rings. The van der Waals surface area contributed by atoms with Crippen LogP contribution in [0.25, 0.3) is 11.3 Å². The van der Waals surface area contributed by atoms with Crippen molar-refractivity contribution < 1.29 is 19.4 Å². The third-order valence-electron chi connectivity index (χ3n) is 4.01. The number of nitrogens with one attached hydrogen (secondary N) is 1. The van der Waals surface area contributed by atoms with E-state index in [1.807, 2.05) is 36.4 Å². The van der Waals surface area contributed by atoms with Crippen molar-refractivity contribution in [1.29, 1.82) is 0 Å². The molecule has 1 aromatic carbocycles. The Morgan fingerprint density at radius 2 is 2.04 bits per heavy atom. The first-order valence-corrected chi connectivity index (χ1v) is 8.95. The van der Waals surface area contributed by atoms with E-state index in [9.17, 15) is 9.90 Å². The molecule has 0 saturated heterocycles. The quantitative estimate of drug-likeness (QED) is 0.693. The molecule has 1 aliphatic heterocycles. The van der Waals surface area contributed by atoms with Crippen LogP contribution in [-0.4, -0.2) is 22.9 Å². The molecule has 0 aliphatic carbocycles. The Bertz CT molecular complexity index is 954. The number of hydrogen-bond acceptors (Lipinski definition) is 6. The topological polar surface area (TPSA) is 80.7 Å². The van der Waals surface area contributed by atoms with Crippen molar-refractivity contribution in [3.63, 3.8) is 0 Å². The van der Waals surface area contributed by atoms with Gasteiger partial charge in [-0.3, -0.25) is 4.98 Å². The molecule has 0 radical (unpaired) electrons. The fraction of sp³-hybridized carbons (Fsp3) is 0.158. The number of ether oxygens (including phenoxy) is 2. The molecule has 2 aromatic heterocycles. The van der Waals surface area contributed by atoms with Crippen molar-refractivity contribution in [2.75, 3.05) is 6.79 Å². The van der Waals surface area contributed by atoms with Gasteiger partial charge in [-0.15, -0.1) is 11.3 Å². The van der Waals surface area contributed by atoms with Crippen molar-refractivity contribution in [3.05, 3.63) is 64.0 Å². The molecule has 0 bridgehead atoms. The Morgan fingerprint density at radius 3 is 2.92 bits per heavy atom. The van der Waals surface area contributed by atoms with Crippen molar-refractivity contribution in [1.82, 2.24) is 10.3 Å². The molecule has 0 amide bonds. The highest BCUT2D eigenvalue weighted by atomic mass is 32.1. The summed E-state index contributed by atoms with van der Waals surface area (Å²) >= 11 is 1.21. The summed E-state index contributed by atoms with van der Waals surface area (Å²) in [6, 6.07) is 13.3. The van der Waals surface area contributed by atoms with Crippen LogP contribution in [-0.2, 0) is 13.1 Å². The second-order valence-electron chi connectivity index (χ2n) is 5.77. The van der Waals surface area contributed by atoms with E-state index in [4.69, 9.17) is 9.47 Å². The molecule has 132 valence electrons. The van der Waals surface area contributed by atoms with Crippen LogP contribution >= 0.6 is 11.3 Å². The van der Waals surface area contributed by atoms with Gasteiger partial charge in [0.1, 0.15) is 4.88 Å². The minimum absolute atomic E-state index is 0.268. The van der Waals surface area contributed by atoms with Crippen LogP contribution in [0.1, 0.15) is 20.9 Å². The van der Waals surface area contributed by atoms with Gasteiger partial charge in [0.05, 0.1) is 11.4 Å². The van der Waals surface area contributed by atoms with Gasteiger partial charge in [0.15, 0.2) is 11.5 Å². The zero-order chi connectivity index (χ0) is 17.9. The maximum Gasteiger partial charge on any atom is 0.346 e. The summed E-state index contributed by atoms with van der Waals surface area (Å²) in [6.07, 6.45) is 0. The predicted molar refractivity (Wildman–Crippen MR) is 97.6 cm³/mol. The zero-order valence-corrected chi connectivity index (χ0v) is 14.6.